The van der Waals surface area contributed by atoms with Gasteiger partial charge in [0.25, 0.3) is 11.8 Å². The minimum absolute atomic E-state index is 0.0265. The molecule has 0 saturated heterocycles. The first-order chi connectivity index (χ1) is 13.5. The summed E-state index contributed by atoms with van der Waals surface area (Å²) in [6.45, 7) is -0.267. The van der Waals surface area contributed by atoms with Crippen molar-refractivity contribution in [3.63, 3.8) is 0 Å². The van der Waals surface area contributed by atoms with Gasteiger partial charge in [0.1, 0.15) is 17.2 Å². The monoisotopic (exact) mass is 445 g/mol. The molecule has 4 N–H and O–H groups in total. The molecule has 2 aromatic carbocycles. The second kappa shape index (κ2) is 8.53. The normalized spacial score (nSPS) is 10.4. The third-order valence-electron chi connectivity index (χ3n) is 3.72. The van der Waals surface area contributed by atoms with Crippen molar-refractivity contribution in [1.82, 2.24) is 15.4 Å². The predicted molar refractivity (Wildman–Crippen MR) is 105 cm³/mol. The molecule has 0 aliphatic carbocycles. The average molecular weight is 446 g/mol. The van der Waals surface area contributed by atoms with E-state index in [0.29, 0.717) is 22.7 Å². The van der Waals surface area contributed by atoms with Crippen molar-refractivity contribution in [3.8, 4) is 22.8 Å². The Balaban J connectivity index is 1.79. The molecule has 0 bridgehead atoms. The van der Waals surface area contributed by atoms with Crippen LogP contribution in [-0.4, -0.2) is 40.9 Å². The van der Waals surface area contributed by atoms with E-state index in [1.807, 2.05) is 0 Å². The molecular formula is C18H16BrN5O4. The number of anilines is 1. The summed E-state index contributed by atoms with van der Waals surface area (Å²) in [5.74, 6) is -0.235. The molecule has 0 aliphatic rings. The number of benzene rings is 2. The molecule has 0 spiro atoms. The number of nitrogens with two attached hydrogens (primary N) is 1. The topological polar surface area (TPSA) is 132 Å². The molecule has 0 radical (unpaired) electrons. The van der Waals surface area contributed by atoms with E-state index in [4.69, 9.17) is 15.2 Å². The second-order valence-corrected chi connectivity index (χ2v) is 6.48. The minimum Gasteiger partial charge on any atom is -0.495 e. The summed E-state index contributed by atoms with van der Waals surface area (Å²) in [5, 5.41) is 12.8. The molecule has 1 aromatic heterocycles. The van der Waals surface area contributed by atoms with E-state index in [2.05, 4.69) is 36.7 Å². The third-order valence-corrected chi connectivity index (χ3v) is 4.21. The highest BCUT2D eigenvalue weighted by molar-refractivity contribution is 9.10. The Labute approximate surface area is 168 Å². The highest BCUT2D eigenvalue weighted by atomic mass is 79.9. The molecule has 0 unspecified atom stereocenters. The maximum atomic E-state index is 12.3. The van der Waals surface area contributed by atoms with Crippen molar-refractivity contribution < 1.29 is 19.1 Å². The fourth-order valence-corrected chi connectivity index (χ4v) is 2.84. The number of nitrogens with zero attached hydrogens (tertiary/aromatic N) is 2. The van der Waals surface area contributed by atoms with Crippen LogP contribution < -0.4 is 20.5 Å². The molecule has 0 atom stereocenters. The van der Waals surface area contributed by atoms with Gasteiger partial charge in [0.05, 0.1) is 12.8 Å². The first-order valence-electron chi connectivity index (χ1n) is 8.05. The molecule has 3 aromatic rings. The molecule has 28 heavy (non-hydrogen) atoms. The standard InChI is InChI=1S/C18H16BrN5O4/c1-27-14-5-3-2-4-12(14)21-15(25)9-28-13-7-6-10(19)8-11(13)16-17(18(20)26)23-24-22-16/h2-8H,9H2,1H3,(H2,20,26)(H,21,25)(H,22,23,24). The van der Waals surface area contributed by atoms with Gasteiger partial charge < -0.3 is 20.5 Å². The van der Waals surface area contributed by atoms with Gasteiger partial charge in [-0.1, -0.05) is 28.1 Å². The number of para-hydroxylation sites is 2. The molecule has 0 saturated carbocycles. The Morgan fingerprint density at radius 1 is 1.18 bits per heavy atom. The van der Waals surface area contributed by atoms with Crippen LogP contribution in [0.1, 0.15) is 10.5 Å². The number of primary amides is 1. The van der Waals surface area contributed by atoms with Crippen LogP contribution in [0, 0.1) is 0 Å². The lowest BCUT2D eigenvalue weighted by molar-refractivity contribution is -0.118. The Morgan fingerprint density at radius 3 is 2.71 bits per heavy atom. The van der Waals surface area contributed by atoms with Crippen molar-refractivity contribution in [2.45, 2.75) is 0 Å². The number of carbonyl (C=O) groups excluding carboxylic acids is 2. The average Bonchev–Trinajstić information content (AvgIpc) is 3.17. The molecule has 144 valence electrons. The second-order valence-electron chi connectivity index (χ2n) is 5.56. The summed E-state index contributed by atoms with van der Waals surface area (Å²) < 4.78 is 11.6. The maximum absolute atomic E-state index is 12.3. The number of hydrogen-bond donors (Lipinski definition) is 3. The lowest BCUT2D eigenvalue weighted by Gasteiger charge is -2.12. The maximum Gasteiger partial charge on any atom is 0.271 e. The van der Waals surface area contributed by atoms with Crippen molar-refractivity contribution in [2.24, 2.45) is 5.73 Å². The Kier molecular flexibility index (Phi) is 5.90. The number of aromatic nitrogens is 3. The number of halogens is 1. The summed E-state index contributed by atoms with van der Waals surface area (Å²) in [6.07, 6.45) is 0. The first-order valence-corrected chi connectivity index (χ1v) is 8.85. The Bertz CT molecular complexity index is 1020. The number of amides is 2. The highest BCUT2D eigenvalue weighted by Crippen LogP contribution is 2.33. The van der Waals surface area contributed by atoms with Gasteiger partial charge in [-0.05, 0) is 30.3 Å². The highest BCUT2D eigenvalue weighted by Gasteiger charge is 2.20. The van der Waals surface area contributed by atoms with Crippen molar-refractivity contribution in [2.75, 3.05) is 19.0 Å². The van der Waals surface area contributed by atoms with Crippen LogP contribution in [0.3, 0.4) is 0 Å². The number of carbonyl (C=O) groups is 2. The number of aromatic amines is 1. The lowest BCUT2D eigenvalue weighted by atomic mass is 10.1. The van der Waals surface area contributed by atoms with Crippen molar-refractivity contribution >= 4 is 33.4 Å². The van der Waals surface area contributed by atoms with Gasteiger partial charge >= 0.3 is 0 Å². The molecular weight excluding hydrogens is 430 g/mol. The Hall–Kier alpha value is -3.40. The largest absolute Gasteiger partial charge is 0.495 e. The van der Waals surface area contributed by atoms with E-state index in [-0.39, 0.29) is 23.9 Å². The van der Waals surface area contributed by atoms with Gasteiger partial charge in [-0.15, -0.1) is 0 Å². The van der Waals surface area contributed by atoms with Gasteiger partial charge in [-0.3, -0.25) is 9.59 Å². The molecule has 2 amide bonds. The molecule has 3 rings (SSSR count). The summed E-state index contributed by atoms with van der Waals surface area (Å²) in [6, 6.07) is 12.1. The summed E-state index contributed by atoms with van der Waals surface area (Å²) in [7, 11) is 1.52. The van der Waals surface area contributed by atoms with Crippen molar-refractivity contribution in [1.29, 1.82) is 0 Å². The van der Waals surface area contributed by atoms with Crippen molar-refractivity contribution in [3.05, 3.63) is 52.6 Å². The molecule has 10 heteroatoms. The fourth-order valence-electron chi connectivity index (χ4n) is 2.48. The predicted octanol–water partition coefficient (Wildman–Crippen LogP) is 2.36. The fraction of sp³-hybridized carbons (Fsp3) is 0.111. The van der Waals surface area contributed by atoms with Crippen LogP contribution in [-0.2, 0) is 4.79 Å². The molecule has 0 fully saturated rings. The minimum atomic E-state index is -0.733. The molecule has 9 nitrogen and oxygen atoms in total. The van der Waals surface area contributed by atoms with E-state index in [0.717, 1.165) is 4.47 Å². The number of H-pyrrole nitrogens is 1. The van der Waals surface area contributed by atoms with Gasteiger partial charge in [-0.2, -0.15) is 15.4 Å². The smallest absolute Gasteiger partial charge is 0.271 e. The number of methoxy groups -OCH3 is 1. The van der Waals surface area contributed by atoms with Gasteiger partial charge in [-0.25, -0.2) is 0 Å². The summed E-state index contributed by atoms with van der Waals surface area (Å²) in [5.41, 5.74) is 6.52. The van der Waals surface area contributed by atoms with Gasteiger partial charge in [0, 0.05) is 10.0 Å². The van der Waals surface area contributed by atoms with E-state index in [1.165, 1.54) is 7.11 Å². The number of nitrogens with one attached hydrogen (secondary N) is 2. The summed E-state index contributed by atoms with van der Waals surface area (Å²) in [4.78, 5) is 23.8. The SMILES string of the molecule is COc1ccccc1NC(=O)COc1ccc(Br)cc1-c1n[nH]nc1C(N)=O. The van der Waals surface area contributed by atoms with Gasteiger partial charge in [0.15, 0.2) is 12.3 Å². The third kappa shape index (κ3) is 4.29. The Morgan fingerprint density at radius 2 is 1.96 bits per heavy atom. The molecule has 0 aliphatic heterocycles. The van der Waals surface area contributed by atoms with E-state index in [9.17, 15) is 9.59 Å². The zero-order valence-corrected chi connectivity index (χ0v) is 16.3. The number of hydrogen-bond acceptors (Lipinski definition) is 6. The lowest BCUT2D eigenvalue weighted by Crippen LogP contribution is -2.20. The van der Waals surface area contributed by atoms with Crippen LogP contribution in [0.5, 0.6) is 11.5 Å². The zero-order chi connectivity index (χ0) is 20.1. The number of rotatable bonds is 7. The quantitative estimate of drug-likeness (QED) is 0.511. The van der Waals surface area contributed by atoms with Gasteiger partial charge in [0.2, 0.25) is 0 Å². The first kappa shape index (κ1) is 19.4. The van der Waals surface area contributed by atoms with Crippen LogP contribution in [0.2, 0.25) is 0 Å². The zero-order valence-electron chi connectivity index (χ0n) is 14.7. The van der Waals surface area contributed by atoms with Crippen LogP contribution in [0.4, 0.5) is 5.69 Å². The van der Waals surface area contributed by atoms with Crippen LogP contribution in [0.25, 0.3) is 11.3 Å². The van der Waals surface area contributed by atoms with Crippen LogP contribution in [0.15, 0.2) is 46.9 Å². The van der Waals surface area contributed by atoms with E-state index in [1.54, 1.807) is 42.5 Å². The van der Waals surface area contributed by atoms with E-state index < -0.39 is 5.91 Å². The van der Waals surface area contributed by atoms with Crippen LogP contribution >= 0.6 is 15.9 Å². The summed E-state index contributed by atoms with van der Waals surface area (Å²) >= 11 is 3.36. The molecule has 1 heterocycles. The number of ether oxygens (including phenoxy) is 2. The van der Waals surface area contributed by atoms with E-state index >= 15 is 0 Å².